The fourth-order valence-electron chi connectivity index (χ4n) is 2.93. The molecule has 2 aromatic heterocycles. The molecule has 1 aromatic carbocycles. The molecule has 0 bridgehead atoms. The Morgan fingerprint density at radius 3 is 2.60 bits per heavy atom. The Balaban J connectivity index is 1.91. The third-order valence-corrected chi connectivity index (χ3v) is 4.08. The lowest BCUT2D eigenvalue weighted by Gasteiger charge is -2.06. The fraction of sp³-hybridized carbons (Fsp3) is 0.316. The second-order valence-corrected chi connectivity index (χ2v) is 6.06. The summed E-state index contributed by atoms with van der Waals surface area (Å²) in [5.74, 6) is -0.439. The van der Waals surface area contributed by atoms with Gasteiger partial charge in [0.15, 0.2) is 12.3 Å². The Labute approximate surface area is 146 Å². The molecule has 0 aliphatic carbocycles. The second kappa shape index (κ2) is 6.93. The maximum absolute atomic E-state index is 10.6. The first-order chi connectivity index (χ1) is 12.0. The summed E-state index contributed by atoms with van der Waals surface area (Å²) in [5.41, 5.74) is 6.24. The van der Waals surface area contributed by atoms with Crippen LogP contribution in [0.15, 0.2) is 30.3 Å². The lowest BCUT2D eigenvalue weighted by Crippen LogP contribution is -2.09. The number of fused-ring (bicyclic) bond motifs is 1. The van der Waals surface area contributed by atoms with Crippen LogP contribution in [-0.2, 0) is 17.6 Å². The van der Waals surface area contributed by atoms with Crippen LogP contribution in [0.25, 0.3) is 5.65 Å². The third kappa shape index (κ3) is 3.63. The molecule has 0 saturated carbocycles. The number of benzene rings is 1. The molecule has 3 aromatic rings. The van der Waals surface area contributed by atoms with Gasteiger partial charge in [-0.3, -0.25) is 0 Å². The van der Waals surface area contributed by atoms with E-state index in [1.807, 2.05) is 36.6 Å². The number of ether oxygens (including phenoxy) is 1. The number of carboxylic acid groups (broad SMARTS) is 1. The summed E-state index contributed by atoms with van der Waals surface area (Å²) in [5, 5.41) is 13.4. The van der Waals surface area contributed by atoms with Crippen molar-refractivity contribution >= 4 is 11.6 Å². The van der Waals surface area contributed by atoms with Crippen LogP contribution in [0.4, 0.5) is 0 Å². The van der Waals surface area contributed by atoms with Gasteiger partial charge in [-0.1, -0.05) is 19.1 Å². The van der Waals surface area contributed by atoms with E-state index < -0.39 is 5.97 Å². The van der Waals surface area contributed by atoms with Crippen LogP contribution in [0.3, 0.4) is 0 Å². The van der Waals surface area contributed by atoms with Gasteiger partial charge in [0.1, 0.15) is 5.75 Å². The molecule has 0 radical (unpaired) electrons. The maximum atomic E-state index is 10.6. The largest absolute Gasteiger partial charge is 0.482 e. The van der Waals surface area contributed by atoms with Crippen molar-refractivity contribution in [2.75, 3.05) is 6.61 Å². The maximum Gasteiger partial charge on any atom is 0.341 e. The van der Waals surface area contributed by atoms with Crippen molar-refractivity contribution in [1.29, 1.82) is 0 Å². The molecule has 6 heteroatoms. The van der Waals surface area contributed by atoms with Gasteiger partial charge in [0, 0.05) is 23.4 Å². The smallest absolute Gasteiger partial charge is 0.341 e. The van der Waals surface area contributed by atoms with Gasteiger partial charge >= 0.3 is 5.97 Å². The zero-order valence-electron chi connectivity index (χ0n) is 14.6. The van der Waals surface area contributed by atoms with Crippen molar-refractivity contribution in [3.8, 4) is 5.75 Å². The summed E-state index contributed by atoms with van der Waals surface area (Å²) in [6.45, 7) is 5.78. The van der Waals surface area contributed by atoms with E-state index in [1.165, 1.54) is 0 Å². The Kier molecular flexibility index (Phi) is 4.70. The molecule has 0 fully saturated rings. The van der Waals surface area contributed by atoms with Crippen molar-refractivity contribution in [2.45, 2.75) is 33.6 Å². The summed E-state index contributed by atoms with van der Waals surface area (Å²) >= 11 is 0. The molecule has 1 N–H and O–H groups in total. The quantitative estimate of drug-likeness (QED) is 0.747. The van der Waals surface area contributed by atoms with Crippen molar-refractivity contribution < 1.29 is 14.6 Å². The number of carboxylic acids is 1. The standard InChI is InChI=1S/C19H21N3O3/c1-4-17-16(19-20-12(2)9-13(3)22(19)21-17)10-14-5-7-15(8-6-14)25-11-18(23)24/h5-9H,4,10-11H2,1-3H3,(H,23,24). The molecule has 0 spiro atoms. The lowest BCUT2D eigenvalue weighted by atomic mass is 10.0. The molecule has 3 rings (SSSR count). The number of aryl methyl sites for hydroxylation is 3. The minimum Gasteiger partial charge on any atom is -0.482 e. The van der Waals surface area contributed by atoms with Crippen molar-refractivity contribution in [2.24, 2.45) is 0 Å². The van der Waals surface area contributed by atoms with E-state index >= 15 is 0 Å². The predicted octanol–water partition coefficient (Wildman–Crippen LogP) is 2.96. The number of aromatic nitrogens is 3. The molecule has 0 aliphatic rings. The summed E-state index contributed by atoms with van der Waals surface area (Å²) in [6, 6.07) is 9.50. The zero-order chi connectivity index (χ0) is 18.0. The van der Waals surface area contributed by atoms with Crippen LogP contribution in [0.5, 0.6) is 5.75 Å². The van der Waals surface area contributed by atoms with Crippen molar-refractivity contribution in [3.05, 3.63) is 58.5 Å². The molecule has 0 saturated heterocycles. The van der Waals surface area contributed by atoms with Crippen LogP contribution in [0.2, 0.25) is 0 Å². The molecule has 0 atom stereocenters. The number of hydrogen-bond acceptors (Lipinski definition) is 4. The predicted molar refractivity (Wildman–Crippen MR) is 94.2 cm³/mol. The molecule has 130 valence electrons. The molecular formula is C19H21N3O3. The highest BCUT2D eigenvalue weighted by molar-refractivity contribution is 5.68. The van der Waals surface area contributed by atoms with Gasteiger partial charge in [-0.15, -0.1) is 0 Å². The lowest BCUT2D eigenvalue weighted by molar-refractivity contribution is -0.139. The topological polar surface area (TPSA) is 76.7 Å². The van der Waals surface area contributed by atoms with Crippen LogP contribution in [0, 0.1) is 13.8 Å². The van der Waals surface area contributed by atoms with E-state index in [2.05, 4.69) is 11.9 Å². The second-order valence-electron chi connectivity index (χ2n) is 6.06. The third-order valence-electron chi connectivity index (χ3n) is 4.08. The SMILES string of the molecule is CCc1nn2c(C)cc(C)nc2c1Cc1ccc(OCC(=O)O)cc1. The number of rotatable bonds is 6. The first-order valence-corrected chi connectivity index (χ1v) is 8.26. The molecular weight excluding hydrogens is 318 g/mol. The fourth-order valence-corrected chi connectivity index (χ4v) is 2.93. The van der Waals surface area contributed by atoms with Gasteiger partial charge in [0.2, 0.25) is 0 Å². The molecule has 0 amide bonds. The highest BCUT2D eigenvalue weighted by Gasteiger charge is 2.15. The van der Waals surface area contributed by atoms with E-state index in [0.29, 0.717) is 5.75 Å². The van der Waals surface area contributed by atoms with E-state index in [4.69, 9.17) is 14.9 Å². The van der Waals surface area contributed by atoms with Crippen LogP contribution >= 0.6 is 0 Å². The first-order valence-electron chi connectivity index (χ1n) is 8.26. The van der Waals surface area contributed by atoms with Crippen LogP contribution in [-0.4, -0.2) is 32.3 Å². The average molecular weight is 339 g/mol. The highest BCUT2D eigenvalue weighted by Crippen LogP contribution is 2.22. The Morgan fingerprint density at radius 1 is 1.24 bits per heavy atom. The van der Waals surface area contributed by atoms with E-state index in [0.717, 1.165) is 46.7 Å². The summed E-state index contributed by atoms with van der Waals surface area (Å²) < 4.78 is 7.08. The average Bonchev–Trinajstić information content (AvgIpc) is 2.92. The monoisotopic (exact) mass is 339 g/mol. The van der Waals surface area contributed by atoms with Gasteiger partial charge in [0.25, 0.3) is 0 Å². The molecule has 2 heterocycles. The summed E-state index contributed by atoms with van der Waals surface area (Å²) in [4.78, 5) is 15.2. The van der Waals surface area contributed by atoms with E-state index in [9.17, 15) is 4.79 Å². The Bertz CT molecular complexity index is 914. The van der Waals surface area contributed by atoms with Crippen LogP contribution in [0.1, 0.15) is 35.1 Å². The number of nitrogens with zero attached hydrogens (tertiary/aromatic N) is 3. The van der Waals surface area contributed by atoms with Gasteiger partial charge in [-0.05, 0) is 44.0 Å². The minimum absolute atomic E-state index is 0.337. The van der Waals surface area contributed by atoms with Crippen molar-refractivity contribution in [1.82, 2.24) is 14.6 Å². The Morgan fingerprint density at radius 2 is 1.96 bits per heavy atom. The number of aliphatic carboxylic acids is 1. The van der Waals surface area contributed by atoms with Crippen molar-refractivity contribution in [3.63, 3.8) is 0 Å². The van der Waals surface area contributed by atoms with E-state index in [1.54, 1.807) is 12.1 Å². The van der Waals surface area contributed by atoms with Crippen LogP contribution < -0.4 is 4.74 Å². The Hall–Kier alpha value is -2.89. The number of hydrogen-bond donors (Lipinski definition) is 1. The minimum atomic E-state index is -0.986. The normalized spacial score (nSPS) is 11.0. The summed E-state index contributed by atoms with van der Waals surface area (Å²) in [7, 11) is 0. The molecule has 25 heavy (non-hydrogen) atoms. The molecule has 6 nitrogen and oxygen atoms in total. The zero-order valence-corrected chi connectivity index (χ0v) is 14.6. The summed E-state index contributed by atoms with van der Waals surface area (Å²) in [6.07, 6.45) is 1.57. The highest BCUT2D eigenvalue weighted by atomic mass is 16.5. The number of carbonyl (C=O) groups is 1. The van der Waals surface area contributed by atoms with Gasteiger partial charge < -0.3 is 9.84 Å². The van der Waals surface area contributed by atoms with Gasteiger partial charge in [0.05, 0.1) is 5.69 Å². The van der Waals surface area contributed by atoms with Gasteiger partial charge in [-0.25, -0.2) is 14.3 Å². The molecule has 0 aliphatic heterocycles. The van der Waals surface area contributed by atoms with E-state index in [-0.39, 0.29) is 6.61 Å². The first kappa shape index (κ1) is 17.0. The van der Waals surface area contributed by atoms with Gasteiger partial charge in [-0.2, -0.15) is 5.10 Å². The molecule has 0 unspecified atom stereocenters.